The van der Waals surface area contributed by atoms with Gasteiger partial charge in [-0.3, -0.25) is 4.98 Å². The highest BCUT2D eigenvalue weighted by molar-refractivity contribution is 6.33. The number of nitrogens with one attached hydrogen (secondary N) is 1. The number of aliphatic hydroxyl groups excluding tert-OH is 1. The third-order valence-corrected chi connectivity index (χ3v) is 6.77. The molecule has 9 nitrogen and oxygen atoms in total. The van der Waals surface area contributed by atoms with Crippen LogP contribution in [0.15, 0.2) is 41.1 Å². The van der Waals surface area contributed by atoms with Gasteiger partial charge < -0.3 is 24.6 Å². The minimum Gasteiger partial charge on any atom is -0.491 e. The summed E-state index contributed by atoms with van der Waals surface area (Å²) in [5, 5.41) is 17.6. The van der Waals surface area contributed by atoms with Gasteiger partial charge in [-0.2, -0.15) is 0 Å². The van der Waals surface area contributed by atoms with Crippen LogP contribution < -0.4 is 15.0 Å². The van der Waals surface area contributed by atoms with Crippen LogP contribution in [0.1, 0.15) is 22.7 Å². The van der Waals surface area contributed by atoms with Crippen molar-refractivity contribution in [3.05, 3.63) is 64.3 Å². The molecule has 2 N–H and O–H groups in total. The van der Waals surface area contributed by atoms with E-state index in [2.05, 4.69) is 26.4 Å². The van der Waals surface area contributed by atoms with E-state index in [0.717, 1.165) is 52.7 Å². The summed E-state index contributed by atoms with van der Waals surface area (Å²) in [6.45, 7) is 7.12. The summed E-state index contributed by atoms with van der Waals surface area (Å²) >= 11 is 6.67. The molecule has 0 amide bonds. The number of aryl methyl sites for hydroxylation is 2. The molecule has 0 saturated carbocycles. The molecule has 1 aliphatic heterocycles. The predicted octanol–water partition coefficient (Wildman–Crippen LogP) is 4.43. The molecule has 0 aliphatic carbocycles. The monoisotopic (exact) mass is 520 g/mol. The molecule has 1 aliphatic rings. The highest BCUT2D eigenvalue weighted by Gasteiger charge is 2.28. The summed E-state index contributed by atoms with van der Waals surface area (Å²) in [5.41, 5.74) is 5.93. The second-order valence-corrected chi connectivity index (χ2v) is 9.49. The number of ether oxygens (including phenoxy) is 1. The van der Waals surface area contributed by atoms with Crippen molar-refractivity contribution in [1.82, 2.24) is 25.4 Å². The highest BCUT2D eigenvalue weighted by atomic mass is 35.5. The number of halogens is 1. The summed E-state index contributed by atoms with van der Waals surface area (Å²) in [7, 11) is 1.78. The fraction of sp³-hybridized carbons (Fsp3) is 0.333. The Labute approximate surface area is 220 Å². The number of hydrogen-bond acceptors (Lipinski definition) is 9. The quantitative estimate of drug-likeness (QED) is 0.348. The van der Waals surface area contributed by atoms with Crippen LogP contribution in [0, 0.1) is 20.8 Å². The maximum Gasteiger partial charge on any atom is 0.163 e. The maximum absolute atomic E-state index is 10.1. The molecule has 4 heterocycles. The largest absolute Gasteiger partial charge is 0.491 e. The molecule has 0 saturated heterocycles. The Morgan fingerprint density at radius 3 is 2.81 bits per heavy atom. The number of nitrogens with zero attached hydrogens (tertiary/aromatic N) is 5. The van der Waals surface area contributed by atoms with Crippen molar-refractivity contribution in [2.75, 3.05) is 31.6 Å². The van der Waals surface area contributed by atoms with Crippen LogP contribution in [0.5, 0.6) is 5.75 Å². The number of anilines is 2. The normalized spacial score (nSPS) is 13.6. The minimum absolute atomic E-state index is 0.143. The molecule has 3 aromatic heterocycles. The van der Waals surface area contributed by atoms with Gasteiger partial charge in [-0.05, 0) is 58.2 Å². The van der Waals surface area contributed by atoms with Gasteiger partial charge in [0.1, 0.15) is 30.0 Å². The summed E-state index contributed by atoms with van der Waals surface area (Å²) in [6.07, 6.45) is 2.00. The van der Waals surface area contributed by atoms with E-state index in [1.165, 1.54) is 0 Å². The molecule has 192 valence electrons. The summed E-state index contributed by atoms with van der Waals surface area (Å²) in [4.78, 5) is 16.7. The molecular formula is C27H29ClN6O3. The van der Waals surface area contributed by atoms with Crippen LogP contribution >= 0.6 is 11.6 Å². The van der Waals surface area contributed by atoms with Crippen LogP contribution in [0.3, 0.4) is 0 Å². The number of rotatable bonds is 8. The van der Waals surface area contributed by atoms with E-state index in [4.69, 9.17) is 30.8 Å². The van der Waals surface area contributed by atoms with Gasteiger partial charge >= 0.3 is 0 Å². The molecule has 37 heavy (non-hydrogen) atoms. The van der Waals surface area contributed by atoms with E-state index < -0.39 is 6.10 Å². The molecule has 1 atom stereocenters. The van der Waals surface area contributed by atoms with Crippen molar-refractivity contribution in [3.63, 3.8) is 0 Å². The Balaban J connectivity index is 1.64. The minimum atomic E-state index is -0.638. The van der Waals surface area contributed by atoms with Crippen molar-refractivity contribution >= 4 is 23.1 Å². The molecule has 0 radical (unpaired) electrons. The first kappa shape index (κ1) is 25.1. The first-order valence-electron chi connectivity index (χ1n) is 12.2. The lowest BCUT2D eigenvalue weighted by atomic mass is 10.0. The Morgan fingerprint density at radius 1 is 1.22 bits per heavy atom. The van der Waals surface area contributed by atoms with Crippen molar-refractivity contribution in [2.45, 2.75) is 33.3 Å². The molecule has 1 aromatic carbocycles. The lowest BCUT2D eigenvalue weighted by Gasteiger charge is -2.23. The zero-order valence-electron chi connectivity index (χ0n) is 21.2. The molecule has 0 bridgehead atoms. The summed E-state index contributed by atoms with van der Waals surface area (Å²) in [5.74, 6) is 2.48. The number of hydrogen-bond donors (Lipinski definition) is 2. The SMILES string of the molecule is CNCC(O)COc1ccc(Cl)c(-c2nc(-c3c(C)noc3C)c(C)c(N3CCc4ncccc43)n2)c1. The smallest absolute Gasteiger partial charge is 0.163 e. The van der Waals surface area contributed by atoms with E-state index in [1.807, 2.05) is 33.0 Å². The van der Waals surface area contributed by atoms with E-state index in [9.17, 15) is 5.11 Å². The Kier molecular flexibility index (Phi) is 7.10. The average molecular weight is 521 g/mol. The van der Waals surface area contributed by atoms with Crippen LogP contribution in [-0.4, -0.2) is 58.1 Å². The standard InChI is InChI=1S/C27H29ClN6O3/c1-15-25(24-16(2)33-37-17(24)3)31-26(32-27(15)34-11-9-22-23(34)6-5-10-30-22)20-12-19(7-8-21(20)28)36-14-18(35)13-29-4/h5-8,10,12,18,29,35H,9,11,13-14H2,1-4H3. The van der Waals surface area contributed by atoms with Gasteiger partial charge in [0.05, 0.1) is 33.4 Å². The third-order valence-electron chi connectivity index (χ3n) is 6.44. The lowest BCUT2D eigenvalue weighted by molar-refractivity contribution is 0.108. The van der Waals surface area contributed by atoms with Gasteiger partial charge in [-0.25, -0.2) is 9.97 Å². The van der Waals surface area contributed by atoms with Crippen molar-refractivity contribution < 1.29 is 14.4 Å². The Morgan fingerprint density at radius 2 is 2.05 bits per heavy atom. The number of likely N-dealkylation sites (N-methyl/N-ethyl adjacent to an activating group) is 1. The van der Waals surface area contributed by atoms with E-state index >= 15 is 0 Å². The summed E-state index contributed by atoms with van der Waals surface area (Å²) in [6, 6.07) is 9.32. The average Bonchev–Trinajstić information content (AvgIpc) is 3.47. The van der Waals surface area contributed by atoms with Gasteiger partial charge in [0.15, 0.2) is 5.82 Å². The molecule has 4 aromatic rings. The van der Waals surface area contributed by atoms with E-state index in [0.29, 0.717) is 34.5 Å². The second kappa shape index (κ2) is 10.5. The van der Waals surface area contributed by atoms with Crippen LogP contribution in [0.25, 0.3) is 22.6 Å². The van der Waals surface area contributed by atoms with Gasteiger partial charge in [0.2, 0.25) is 0 Å². The first-order chi connectivity index (χ1) is 17.9. The van der Waals surface area contributed by atoms with Crippen molar-refractivity contribution in [1.29, 1.82) is 0 Å². The maximum atomic E-state index is 10.1. The Bertz CT molecular complexity index is 1420. The third kappa shape index (κ3) is 4.90. The first-order valence-corrected chi connectivity index (χ1v) is 12.5. The van der Waals surface area contributed by atoms with Crippen LogP contribution in [0.4, 0.5) is 11.5 Å². The second-order valence-electron chi connectivity index (χ2n) is 9.08. The van der Waals surface area contributed by atoms with Crippen LogP contribution in [-0.2, 0) is 6.42 Å². The van der Waals surface area contributed by atoms with E-state index in [1.54, 1.807) is 25.2 Å². The summed E-state index contributed by atoms with van der Waals surface area (Å²) < 4.78 is 11.3. The molecule has 1 unspecified atom stereocenters. The van der Waals surface area contributed by atoms with Crippen molar-refractivity contribution in [3.8, 4) is 28.4 Å². The number of pyridine rings is 1. The topological polar surface area (TPSA) is 109 Å². The zero-order valence-corrected chi connectivity index (χ0v) is 22.0. The fourth-order valence-electron chi connectivity index (χ4n) is 4.63. The number of aromatic nitrogens is 4. The fourth-order valence-corrected chi connectivity index (χ4v) is 4.83. The zero-order chi connectivity index (χ0) is 26.1. The van der Waals surface area contributed by atoms with Gasteiger partial charge in [0.25, 0.3) is 0 Å². The molecule has 0 spiro atoms. The van der Waals surface area contributed by atoms with Gasteiger partial charge in [-0.15, -0.1) is 0 Å². The Hall–Kier alpha value is -3.53. The molecule has 10 heteroatoms. The predicted molar refractivity (Wildman–Crippen MR) is 143 cm³/mol. The lowest BCUT2D eigenvalue weighted by Crippen LogP contribution is -2.29. The van der Waals surface area contributed by atoms with Gasteiger partial charge in [-0.1, -0.05) is 16.8 Å². The van der Waals surface area contributed by atoms with Gasteiger partial charge in [0, 0.05) is 36.8 Å². The van der Waals surface area contributed by atoms with Crippen LogP contribution in [0.2, 0.25) is 5.02 Å². The van der Waals surface area contributed by atoms with Crippen molar-refractivity contribution in [2.24, 2.45) is 0 Å². The number of benzene rings is 1. The molecular weight excluding hydrogens is 492 g/mol. The molecule has 5 rings (SSSR count). The number of aliphatic hydroxyl groups is 1. The molecule has 0 fully saturated rings. The van der Waals surface area contributed by atoms with E-state index in [-0.39, 0.29) is 6.61 Å². The number of fused-ring (bicyclic) bond motifs is 1. The highest BCUT2D eigenvalue weighted by Crippen LogP contribution is 2.40.